The molecule has 0 unspecified atom stereocenters. The molecule has 192 valence electrons. The van der Waals surface area contributed by atoms with Gasteiger partial charge in [-0.2, -0.15) is 0 Å². The van der Waals surface area contributed by atoms with Crippen LogP contribution in [0.2, 0.25) is 5.02 Å². The fourth-order valence-corrected chi connectivity index (χ4v) is 4.62. The summed E-state index contributed by atoms with van der Waals surface area (Å²) < 4.78 is 31.6. The minimum Gasteiger partial charge on any atom is -0.497 e. The summed E-state index contributed by atoms with van der Waals surface area (Å²) in [5.74, 6) is -0.172. The summed E-state index contributed by atoms with van der Waals surface area (Å²) in [5.41, 5.74) is 1.82. The van der Waals surface area contributed by atoms with Gasteiger partial charge in [0.15, 0.2) is 0 Å². The van der Waals surface area contributed by atoms with E-state index in [0.717, 1.165) is 28.1 Å². The lowest BCUT2D eigenvalue weighted by molar-refractivity contribution is -0.140. The molecule has 0 saturated carbocycles. The fourth-order valence-electron chi connectivity index (χ4n) is 3.60. The van der Waals surface area contributed by atoms with E-state index >= 15 is 0 Å². The third-order valence-corrected chi connectivity index (χ3v) is 7.09. The molecule has 0 aliphatic rings. The summed E-state index contributed by atoms with van der Waals surface area (Å²) in [6.07, 6.45) is 2.15. The van der Waals surface area contributed by atoms with Gasteiger partial charge in [-0.25, -0.2) is 8.42 Å². The van der Waals surface area contributed by atoms with Crippen LogP contribution in [-0.4, -0.2) is 57.6 Å². The molecular weight excluding hydrogens is 490 g/mol. The highest BCUT2D eigenvalue weighted by atomic mass is 35.5. The van der Waals surface area contributed by atoms with Crippen LogP contribution in [0.25, 0.3) is 0 Å². The second-order valence-corrected chi connectivity index (χ2v) is 10.6. The second kappa shape index (κ2) is 12.8. The van der Waals surface area contributed by atoms with Crippen molar-refractivity contribution < 1.29 is 22.7 Å². The van der Waals surface area contributed by atoms with Crippen LogP contribution >= 0.6 is 11.6 Å². The van der Waals surface area contributed by atoms with Crippen molar-refractivity contribution in [1.29, 1.82) is 0 Å². The average molecular weight is 524 g/mol. The van der Waals surface area contributed by atoms with Crippen LogP contribution in [0, 0.1) is 6.92 Å². The standard InChI is InChI=1S/C25H34ClN3O5S/c1-6-13-27-25(31)23(7-2)28(16-19-9-8-10-21(14-19)34-4)24(30)17-29(35(5,32)33)20-12-11-18(3)22(26)15-20/h8-12,14-15,23H,6-7,13,16-17H2,1-5H3,(H,27,31)/t23-/m0/s1. The van der Waals surface area contributed by atoms with Gasteiger partial charge in [0.25, 0.3) is 0 Å². The Balaban J connectivity index is 2.45. The Bertz CT molecular complexity index is 1140. The van der Waals surface area contributed by atoms with Gasteiger partial charge >= 0.3 is 0 Å². The molecule has 2 aromatic carbocycles. The molecule has 0 aliphatic carbocycles. The van der Waals surface area contributed by atoms with Crippen LogP contribution in [0.15, 0.2) is 42.5 Å². The molecule has 0 saturated heterocycles. The SMILES string of the molecule is CCCNC(=O)[C@H](CC)N(Cc1cccc(OC)c1)C(=O)CN(c1ccc(C)c(Cl)c1)S(C)(=O)=O. The number of sulfonamides is 1. The lowest BCUT2D eigenvalue weighted by Crippen LogP contribution is -2.52. The van der Waals surface area contributed by atoms with E-state index in [4.69, 9.17) is 16.3 Å². The van der Waals surface area contributed by atoms with Crippen LogP contribution in [-0.2, 0) is 26.2 Å². The zero-order valence-electron chi connectivity index (χ0n) is 20.9. The number of carbonyl (C=O) groups is 2. The van der Waals surface area contributed by atoms with Gasteiger partial charge < -0.3 is 15.0 Å². The monoisotopic (exact) mass is 523 g/mol. The van der Waals surface area contributed by atoms with Gasteiger partial charge in [0.2, 0.25) is 21.8 Å². The van der Waals surface area contributed by atoms with Gasteiger partial charge in [0, 0.05) is 18.1 Å². The number of nitrogens with zero attached hydrogens (tertiary/aromatic N) is 2. The van der Waals surface area contributed by atoms with Crippen molar-refractivity contribution in [2.45, 2.75) is 46.2 Å². The topological polar surface area (TPSA) is 96.0 Å². The Kier molecular flexibility index (Phi) is 10.4. The van der Waals surface area contributed by atoms with E-state index in [9.17, 15) is 18.0 Å². The van der Waals surface area contributed by atoms with Crippen molar-refractivity contribution in [1.82, 2.24) is 10.2 Å². The Morgan fingerprint density at radius 2 is 1.86 bits per heavy atom. The average Bonchev–Trinajstić information content (AvgIpc) is 2.82. The molecule has 1 N–H and O–H groups in total. The van der Waals surface area contributed by atoms with E-state index in [0.29, 0.717) is 23.7 Å². The molecule has 10 heteroatoms. The molecule has 0 heterocycles. The summed E-state index contributed by atoms with van der Waals surface area (Å²) in [6.45, 7) is 5.68. The summed E-state index contributed by atoms with van der Waals surface area (Å²) in [7, 11) is -2.27. The number of nitrogens with one attached hydrogen (secondary N) is 1. The number of rotatable bonds is 12. The Morgan fingerprint density at radius 1 is 1.14 bits per heavy atom. The Morgan fingerprint density at radius 3 is 2.43 bits per heavy atom. The third kappa shape index (κ3) is 7.86. The highest BCUT2D eigenvalue weighted by Gasteiger charge is 2.31. The van der Waals surface area contributed by atoms with E-state index < -0.39 is 28.5 Å². The molecule has 35 heavy (non-hydrogen) atoms. The Hall–Kier alpha value is -2.78. The zero-order valence-corrected chi connectivity index (χ0v) is 22.4. The molecule has 8 nitrogen and oxygen atoms in total. The minimum absolute atomic E-state index is 0.111. The predicted molar refractivity (Wildman–Crippen MR) is 139 cm³/mol. The molecule has 0 fully saturated rings. The lowest BCUT2D eigenvalue weighted by Gasteiger charge is -2.33. The molecule has 2 aromatic rings. The third-order valence-electron chi connectivity index (χ3n) is 5.54. The highest BCUT2D eigenvalue weighted by Crippen LogP contribution is 2.26. The molecule has 1 atom stereocenters. The minimum atomic E-state index is -3.82. The van der Waals surface area contributed by atoms with Crippen molar-refractivity contribution in [3.63, 3.8) is 0 Å². The number of anilines is 1. The van der Waals surface area contributed by atoms with Gasteiger partial charge in [0.1, 0.15) is 18.3 Å². The molecule has 2 amide bonds. The van der Waals surface area contributed by atoms with E-state index in [1.807, 2.05) is 19.9 Å². The van der Waals surface area contributed by atoms with E-state index in [2.05, 4.69) is 5.32 Å². The summed E-state index contributed by atoms with van der Waals surface area (Å²) in [5, 5.41) is 3.24. The van der Waals surface area contributed by atoms with Crippen LogP contribution in [0.5, 0.6) is 5.75 Å². The van der Waals surface area contributed by atoms with Crippen molar-refractivity contribution in [3.05, 3.63) is 58.6 Å². The first-order valence-corrected chi connectivity index (χ1v) is 13.7. The van der Waals surface area contributed by atoms with Gasteiger partial charge in [-0.05, 0) is 55.2 Å². The first kappa shape index (κ1) is 28.5. The first-order valence-electron chi connectivity index (χ1n) is 11.5. The smallest absolute Gasteiger partial charge is 0.244 e. The normalized spacial score (nSPS) is 12.1. The summed E-state index contributed by atoms with van der Waals surface area (Å²) in [4.78, 5) is 28.0. The quantitative estimate of drug-likeness (QED) is 0.457. The van der Waals surface area contributed by atoms with Crippen molar-refractivity contribution in [3.8, 4) is 5.75 Å². The van der Waals surface area contributed by atoms with Crippen molar-refractivity contribution >= 4 is 39.1 Å². The Labute approximate surface area is 213 Å². The lowest BCUT2D eigenvalue weighted by atomic mass is 10.1. The maximum Gasteiger partial charge on any atom is 0.244 e. The molecular formula is C25H34ClN3O5S. The maximum absolute atomic E-state index is 13.6. The highest BCUT2D eigenvalue weighted by molar-refractivity contribution is 7.92. The van der Waals surface area contributed by atoms with Crippen molar-refractivity contribution in [2.75, 3.05) is 30.8 Å². The molecule has 0 aliphatic heterocycles. The van der Waals surface area contributed by atoms with Gasteiger partial charge in [-0.3, -0.25) is 13.9 Å². The molecule has 0 aromatic heterocycles. The number of benzene rings is 2. The number of carbonyl (C=O) groups excluding carboxylic acids is 2. The van der Waals surface area contributed by atoms with Crippen molar-refractivity contribution in [2.24, 2.45) is 0 Å². The predicted octanol–water partition coefficient (Wildman–Crippen LogP) is 3.76. The molecule has 0 spiro atoms. The number of hydrogen-bond donors (Lipinski definition) is 1. The number of hydrogen-bond acceptors (Lipinski definition) is 5. The number of methoxy groups -OCH3 is 1. The van der Waals surface area contributed by atoms with Gasteiger partial charge in [-0.15, -0.1) is 0 Å². The fraction of sp³-hybridized carbons (Fsp3) is 0.440. The number of aryl methyl sites for hydroxylation is 1. The molecule has 2 rings (SSSR count). The van der Waals surface area contributed by atoms with Crippen LogP contribution < -0.4 is 14.4 Å². The molecule has 0 bridgehead atoms. The van der Waals surface area contributed by atoms with E-state index in [1.165, 1.54) is 11.0 Å². The van der Waals surface area contributed by atoms with E-state index in [-0.39, 0.29) is 18.1 Å². The number of ether oxygens (including phenoxy) is 1. The number of amides is 2. The summed E-state index contributed by atoms with van der Waals surface area (Å²) >= 11 is 6.22. The zero-order chi connectivity index (χ0) is 26.2. The maximum atomic E-state index is 13.6. The summed E-state index contributed by atoms with van der Waals surface area (Å²) in [6, 6.07) is 11.2. The van der Waals surface area contributed by atoms with Crippen LogP contribution in [0.1, 0.15) is 37.8 Å². The second-order valence-electron chi connectivity index (χ2n) is 8.29. The number of halogens is 1. The first-order chi connectivity index (χ1) is 16.5. The van der Waals surface area contributed by atoms with Crippen LogP contribution in [0.4, 0.5) is 5.69 Å². The van der Waals surface area contributed by atoms with Gasteiger partial charge in [-0.1, -0.05) is 43.6 Å². The van der Waals surface area contributed by atoms with Crippen LogP contribution in [0.3, 0.4) is 0 Å². The molecule has 0 radical (unpaired) electrons. The van der Waals surface area contributed by atoms with Gasteiger partial charge in [0.05, 0.1) is 19.1 Å². The largest absolute Gasteiger partial charge is 0.497 e. The van der Waals surface area contributed by atoms with E-state index in [1.54, 1.807) is 44.4 Å².